The molecule has 0 amide bonds. The Balaban J connectivity index is 1.51. The first kappa shape index (κ1) is 20.6. The largest absolute Gasteiger partial charge is 0.494 e. The average Bonchev–Trinajstić information content (AvgIpc) is 2.72. The predicted octanol–water partition coefficient (Wildman–Crippen LogP) is 5.37. The zero-order valence-electron chi connectivity index (χ0n) is 17.0. The quantitative estimate of drug-likeness (QED) is 0.371. The second kappa shape index (κ2) is 9.92. The van der Waals surface area contributed by atoms with Crippen LogP contribution in [0.15, 0.2) is 57.9 Å². The van der Waals surface area contributed by atoms with Crippen molar-refractivity contribution in [3.05, 3.63) is 70.1 Å². The molecule has 0 radical (unpaired) electrons. The highest BCUT2D eigenvalue weighted by Crippen LogP contribution is 2.28. The van der Waals surface area contributed by atoms with Crippen molar-refractivity contribution in [2.75, 3.05) is 13.2 Å². The summed E-state index contributed by atoms with van der Waals surface area (Å²) >= 11 is 0. The van der Waals surface area contributed by atoms with Crippen molar-refractivity contribution in [2.45, 2.75) is 39.5 Å². The van der Waals surface area contributed by atoms with Crippen LogP contribution in [-0.2, 0) is 6.42 Å². The van der Waals surface area contributed by atoms with Gasteiger partial charge in [0.2, 0.25) is 0 Å². The van der Waals surface area contributed by atoms with Crippen LogP contribution in [0.1, 0.15) is 44.2 Å². The Labute approximate surface area is 170 Å². The number of hydrogen-bond donors (Lipinski definition) is 1. The van der Waals surface area contributed by atoms with Gasteiger partial charge in [0.05, 0.1) is 24.9 Å². The number of benzene rings is 2. The molecule has 0 saturated heterocycles. The summed E-state index contributed by atoms with van der Waals surface area (Å²) in [7, 11) is 0. The summed E-state index contributed by atoms with van der Waals surface area (Å²) in [5, 5.41) is 8.21. The fraction of sp³-hybridized carbons (Fsp3) is 0.333. The monoisotopic (exact) mass is 393 g/mol. The standard InChI is InChI=1S/C24H27NO4/c1-3-6-21-23(12-11-20-22(26)13-16-29-24(20)21)28-15-5-4-14-27-19-9-7-18(8-10-19)17(2)25/h7-13,16,25H,3-6,14-15H2,1-2H3. The van der Waals surface area contributed by atoms with Crippen LogP contribution in [0.4, 0.5) is 0 Å². The first-order valence-electron chi connectivity index (χ1n) is 10.0. The molecule has 0 saturated carbocycles. The molecule has 3 aromatic rings. The van der Waals surface area contributed by atoms with E-state index in [2.05, 4.69) is 6.92 Å². The molecule has 29 heavy (non-hydrogen) atoms. The molecule has 1 N–H and O–H groups in total. The van der Waals surface area contributed by atoms with E-state index in [9.17, 15) is 4.79 Å². The maximum atomic E-state index is 12.0. The molecule has 0 aliphatic rings. The first-order chi connectivity index (χ1) is 14.1. The molecule has 1 aromatic heterocycles. The summed E-state index contributed by atoms with van der Waals surface area (Å²) in [4.78, 5) is 12.0. The summed E-state index contributed by atoms with van der Waals surface area (Å²) in [6.07, 6.45) is 4.92. The van der Waals surface area contributed by atoms with Crippen LogP contribution in [0, 0.1) is 5.41 Å². The molecular formula is C24H27NO4. The van der Waals surface area contributed by atoms with Gasteiger partial charge in [0, 0.05) is 17.3 Å². The third-order valence-corrected chi connectivity index (χ3v) is 4.74. The molecule has 3 rings (SSSR count). The number of unbranched alkanes of at least 4 members (excludes halogenated alkanes) is 1. The molecule has 0 aliphatic carbocycles. The number of aryl methyl sites for hydroxylation is 1. The predicted molar refractivity (Wildman–Crippen MR) is 116 cm³/mol. The van der Waals surface area contributed by atoms with E-state index in [-0.39, 0.29) is 5.43 Å². The lowest BCUT2D eigenvalue weighted by Gasteiger charge is -2.13. The van der Waals surface area contributed by atoms with Crippen LogP contribution in [0.2, 0.25) is 0 Å². The van der Waals surface area contributed by atoms with Crippen LogP contribution >= 0.6 is 0 Å². The van der Waals surface area contributed by atoms with E-state index in [1.54, 1.807) is 13.0 Å². The van der Waals surface area contributed by atoms with E-state index in [1.165, 1.54) is 12.3 Å². The summed E-state index contributed by atoms with van der Waals surface area (Å²) < 4.78 is 17.4. The minimum absolute atomic E-state index is 0.0314. The van der Waals surface area contributed by atoms with E-state index in [4.69, 9.17) is 19.3 Å². The average molecular weight is 393 g/mol. The molecule has 152 valence electrons. The topological polar surface area (TPSA) is 72.5 Å². The van der Waals surface area contributed by atoms with Crippen molar-refractivity contribution in [1.82, 2.24) is 0 Å². The zero-order chi connectivity index (χ0) is 20.6. The number of rotatable bonds is 10. The van der Waals surface area contributed by atoms with Gasteiger partial charge in [-0.3, -0.25) is 4.79 Å². The normalized spacial score (nSPS) is 10.8. The van der Waals surface area contributed by atoms with Crippen molar-refractivity contribution in [1.29, 1.82) is 5.41 Å². The second-order valence-electron chi connectivity index (χ2n) is 7.01. The SMILES string of the molecule is CCCc1c(OCCCCOc2ccc(C(C)=N)cc2)ccc2c(=O)ccoc12. The van der Waals surface area contributed by atoms with Crippen LogP contribution in [0.25, 0.3) is 11.0 Å². The molecule has 5 heteroatoms. The molecule has 0 aliphatic heterocycles. The van der Waals surface area contributed by atoms with Gasteiger partial charge in [-0.15, -0.1) is 0 Å². The molecule has 5 nitrogen and oxygen atoms in total. The van der Waals surface area contributed by atoms with Crippen LogP contribution < -0.4 is 14.9 Å². The van der Waals surface area contributed by atoms with Gasteiger partial charge in [-0.05, 0) is 68.1 Å². The van der Waals surface area contributed by atoms with E-state index in [0.29, 0.717) is 29.9 Å². The second-order valence-corrected chi connectivity index (χ2v) is 7.01. The molecule has 0 bridgehead atoms. The van der Waals surface area contributed by atoms with E-state index >= 15 is 0 Å². The van der Waals surface area contributed by atoms with Gasteiger partial charge < -0.3 is 19.3 Å². The van der Waals surface area contributed by atoms with Crippen molar-refractivity contribution < 1.29 is 13.9 Å². The van der Waals surface area contributed by atoms with E-state index in [0.717, 1.165) is 48.3 Å². The molecule has 0 atom stereocenters. The molecule has 0 spiro atoms. The Kier molecular flexibility index (Phi) is 7.06. The highest BCUT2D eigenvalue weighted by Gasteiger charge is 2.12. The number of hydrogen-bond acceptors (Lipinski definition) is 5. The highest BCUT2D eigenvalue weighted by molar-refractivity contribution is 5.96. The molecule has 0 fully saturated rings. The maximum Gasteiger partial charge on any atom is 0.192 e. The van der Waals surface area contributed by atoms with Crippen molar-refractivity contribution in [2.24, 2.45) is 0 Å². The molecule has 2 aromatic carbocycles. The maximum absolute atomic E-state index is 12.0. The Morgan fingerprint density at radius 2 is 1.72 bits per heavy atom. The number of fused-ring (bicyclic) bond motifs is 1. The van der Waals surface area contributed by atoms with Crippen molar-refractivity contribution >= 4 is 16.7 Å². The van der Waals surface area contributed by atoms with Gasteiger partial charge in [0.15, 0.2) is 5.43 Å². The summed E-state index contributed by atoms with van der Waals surface area (Å²) in [5.41, 5.74) is 3.00. The minimum Gasteiger partial charge on any atom is -0.494 e. The Bertz CT molecular complexity index is 1020. The first-order valence-corrected chi connectivity index (χ1v) is 10.0. The van der Waals surface area contributed by atoms with Crippen LogP contribution in [0.5, 0.6) is 11.5 Å². The fourth-order valence-corrected chi connectivity index (χ4v) is 3.19. The lowest BCUT2D eigenvalue weighted by Crippen LogP contribution is -2.06. The molecule has 0 unspecified atom stereocenters. The lowest BCUT2D eigenvalue weighted by molar-refractivity contribution is 0.265. The summed E-state index contributed by atoms with van der Waals surface area (Å²) in [6, 6.07) is 12.7. The molecular weight excluding hydrogens is 366 g/mol. The van der Waals surface area contributed by atoms with Gasteiger partial charge in [-0.1, -0.05) is 13.3 Å². The minimum atomic E-state index is -0.0314. The fourth-order valence-electron chi connectivity index (χ4n) is 3.19. The Hall–Kier alpha value is -3.08. The third kappa shape index (κ3) is 5.25. The van der Waals surface area contributed by atoms with Gasteiger partial charge in [0.1, 0.15) is 17.1 Å². The zero-order valence-corrected chi connectivity index (χ0v) is 17.0. The Morgan fingerprint density at radius 3 is 2.41 bits per heavy atom. The summed E-state index contributed by atoms with van der Waals surface area (Å²) in [5.74, 6) is 1.60. The number of ether oxygens (including phenoxy) is 2. The van der Waals surface area contributed by atoms with Gasteiger partial charge >= 0.3 is 0 Å². The van der Waals surface area contributed by atoms with Crippen molar-refractivity contribution in [3.8, 4) is 11.5 Å². The van der Waals surface area contributed by atoms with Crippen LogP contribution in [0.3, 0.4) is 0 Å². The number of nitrogens with one attached hydrogen (secondary N) is 1. The van der Waals surface area contributed by atoms with E-state index < -0.39 is 0 Å². The lowest BCUT2D eigenvalue weighted by atomic mass is 10.1. The van der Waals surface area contributed by atoms with Gasteiger partial charge in [-0.25, -0.2) is 0 Å². The molecule has 1 heterocycles. The van der Waals surface area contributed by atoms with Gasteiger partial charge in [0.25, 0.3) is 0 Å². The summed E-state index contributed by atoms with van der Waals surface area (Å²) in [6.45, 7) is 5.05. The van der Waals surface area contributed by atoms with Crippen LogP contribution in [-0.4, -0.2) is 18.9 Å². The smallest absolute Gasteiger partial charge is 0.192 e. The third-order valence-electron chi connectivity index (χ3n) is 4.74. The van der Waals surface area contributed by atoms with E-state index in [1.807, 2.05) is 30.3 Å². The Morgan fingerprint density at radius 1 is 1.00 bits per heavy atom. The van der Waals surface area contributed by atoms with Gasteiger partial charge in [-0.2, -0.15) is 0 Å². The van der Waals surface area contributed by atoms with Crippen molar-refractivity contribution in [3.63, 3.8) is 0 Å². The highest BCUT2D eigenvalue weighted by atomic mass is 16.5.